The van der Waals surface area contributed by atoms with Gasteiger partial charge < -0.3 is 10.0 Å². The number of anilines is 1. The number of hydrogen-bond donors (Lipinski definition) is 1. The fourth-order valence-corrected chi connectivity index (χ4v) is 5.77. The topological polar surface area (TPSA) is 43.8 Å². The highest BCUT2D eigenvalue weighted by molar-refractivity contribution is 7.22. The Bertz CT molecular complexity index is 1010. The first-order valence-electron chi connectivity index (χ1n) is 9.63. The molecule has 1 N–H and O–H groups in total. The first-order chi connectivity index (χ1) is 13.6. The van der Waals surface area contributed by atoms with E-state index in [4.69, 9.17) is 0 Å². The van der Waals surface area contributed by atoms with E-state index >= 15 is 0 Å². The van der Waals surface area contributed by atoms with Crippen LogP contribution >= 0.6 is 11.3 Å². The monoisotopic (exact) mass is 396 g/mol. The van der Waals surface area contributed by atoms with E-state index in [9.17, 15) is 14.3 Å². The molecule has 2 aromatic carbocycles. The summed E-state index contributed by atoms with van der Waals surface area (Å²) in [7, 11) is 0. The van der Waals surface area contributed by atoms with Gasteiger partial charge in [-0.25, -0.2) is 9.18 Å². The number of carboxylic acid groups (broad SMARTS) is 1. The third-order valence-electron chi connectivity index (χ3n) is 6.07. The molecular formula is C22H21FN2O2S. The molecule has 1 atom stereocenters. The Labute approximate surface area is 166 Å². The molecule has 6 heteroatoms. The molecule has 3 aliphatic rings. The van der Waals surface area contributed by atoms with E-state index in [1.54, 1.807) is 17.4 Å². The van der Waals surface area contributed by atoms with Gasteiger partial charge in [-0.2, -0.15) is 0 Å². The summed E-state index contributed by atoms with van der Waals surface area (Å²) in [5.74, 6) is 0.0110. The van der Waals surface area contributed by atoms with Crippen LogP contribution in [0.1, 0.15) is 12.8 Å². The molecule has 0 spiro atoms. The number of nitrogens with zero attached hydrogens (tertiary/aromatic N) is 2. The summed E-state index contributed by atoms with van der Waals surface area (Å²) in [4.78, 5) is 17.1. The average Bonchev–Trinajstić information content (AvgIpc) is 3.14. The van der Waals surface area contributed by atoms with Crippen molar-refractivity contribution in [1.82, 2.24) is 4.90 Å². The van der Waals surface area contributed by atoms with E-state index in [2.05, 4.69) is 4.90 Å². The third kappa shape index (κ3) is 2.97. The molecule has 4 heterocycles. The molecular weight excluding hydrogens is 375 g/mol. The maximum Gasteiger partial charge on any atom is 0.412 e. The second-order valence-corrected chi connectivity index (χ2v) is 8.75. The van der Waals surface area contributed by atoms with Crippen molar-refractivity contribution in [2.45, 2.75) is 18.9 Å². The molecule has 1 aromatic heterocycles. The first-order valence-corrected chi connectivity index (χ1v) is 10.4. The van der Waals surface area contributed by atoms with Crippen LogP contribution in [0.5, 0.6) is 0 Å². The smallest absolute Gasteiger partial charge is 0.412 e. The van der Waals surface area contributed by atoms with E-state index in [0.717, 1.165) is 47.4 Å². The van der Waals surface area contributed by atoms with Crippen LogP contribution in [-0.2, 0) is 0 Å². The van der Waals surface area contributed by atoms with Gasteiger partial charge in [0.15, 0.2) is 0 Å². The van der Waals surface area contributed by atoms with Crippen LogP contribution in [0.25, 0.3) is 20.5 Å². The zero-order valence-corrected chi connectivity index (χ0v) is 16.2. The lowest BCUT2D eigenvalue weighted by Crippen LogP contribution is -2.58. The summed E-state index contributed by atoms with van der Waals surface area (Å²) >= 11 is 1.57. The lowest BCUT2D eigenvalue weighted by molar-refractivity contribution is 0.0838. The molecule has 0 aliphatic carbocycles. The summed E-state index contributed by atoms with van der Waals surface area (Å²) in [6.07, 6.45) is 1.08. The minimum Gasteiger partial charge on any atom is -0.465 e. The summed E-state index contributed by atoms with van der Waals surface area (Å²) in [5.41, 5.74) is 1.24. The molecule has 2 bridgehead atoms. The molecule has 6 rings (SSSR count). The molecule has 3 fully saturated rings. The fraction of sp³-hybridized carbons (Fsp3) is 0.318. The highest BCUT2D eigenvalue weighted by Crippen LogP contribution is 2.42. The third-order valence-corrected chi connectivity index (χ3v) is 7.22. The van der Waals surface area contributed by atoms with E-state index in [0.29, 0.717) is 17.2 Å². The van der Waals surface area contributed by atoms with Gasteiger partial charge in [0.2, 0.25) is 0 Å². The van der Waals surface area contributed by atoms with Crippen LogP contribution in [0.2, 0.25) is 0 Å². The number of benzene rings is 2. The molecule has 3 aromatic rings. The predicted octanol–water partition coefficient (Wildman–Crippen LogP) is 5.29. The zero-order valence-electron chi connectivity index (χ0n) is 15.3. The number of halogens is 1. The van der Waals surface area contributed by atoms with Crippen molar-refractivity contribution < 1.29 is 14.3 Å². The van der Waals surface area contributed by atoms with Gasteiger partial charge in [0, 0.05) is 21.7 Å². The number of fused-ring (bicyclic) bond motifs is 4. The maximum atomic E-state index is 14.2. The Morgan fingerprint density at radius 1 is 1.14 bits per heavy atom. The molecule has 0 saturated carbocycles. The lowest BCUT2D eigenvalue weighted by atomic mass is 9.83. The zero-order chi connectivity index (χ0) is 19.3. The van der Waals surface area contributed by atoms with Crippen molar-refractivity contribution in [2.24, 2.45) is 5.92 Å². The fourth-order valence-electron chi connectivity index (χ4n) is 4.68. The van der Waals surface area contributed by atoms with Gasteiger partial charge in [-0.15, -0.1) is 11.3 Å². The molecule has 0 unspecified atom stereocenters. The normalized spacial score (nSPS) is 23.8. The Hall–Kier alpha value is -2.44. The van der Waals surface area contributed by atoms with Crippen molar-refractivity contribution in [3.8, 4) is 10.4 Å². The average molecular weight is 396 g/mol. The first kappa shape index (κ1) is 17.6. The summed E-state index contributed by atoms with van der Waals surface area (Å²) in [5, 5.41) is 11.2. The standard InChI is InChI=1S/C22H21FN2O2S/c23-16-5-6-18(17(12-16)21-11-15-3-1-2-4-20(15)28-21)25(22(26)27)19-13-24-9-7-14(19)8-10-24/h1-6,11-12,14,19H,7-10,13H2,(H,26,27)/t19-/m0/s1. The SMILES string of the molecule is O=C(O)N(c1ccc(F)cc1-c1cc2ccccc2s1)[C@H]1CN2CCC1CC2. The highest BCUT2D eigenvalue weighted by Gasteiger charge is 2.40. The molecule has 4 nitrogen and oxygen atoms in total. The van der Waals surface area contributed by atoms with Crippen LogP contribution in [0.3, 0.4) is 0 Å². The van der Waals surface area contributed by atoms with E-state index in [-0.39, 0.29) is 11.9 Å². The van der Waals surface area contributed by atoms with Crippen LogP contribution < -0.4 is 4.90 Å². The minimum atomic E-state index is -0.965. The molecule has 3 aliphatic heterocycles. The number of rotatable bonds is 3. The van der Waals surface area contributed by atoms with Gasteiger partial charge >= 0.3 is 6.09 Å². The van der Waals surface area contributed by atoms with Crippen molar-refractivity contribution in [3.63, 3.8) is 0 Å². The summed E-state index contributed by atoms with van der Waals surface area (Å²) in [6, 6.07) is 14.4. The Morgan fingerprint density at radius 3 is 2.61 bits per heavy atom. The Balaban J connectivity index is 1.63. The second-order valence-electron chi connectivity index (χ2n) is 7.67. The van der Waals surface area contributed by atoms with E-state index in [1.165, 1.54) is 17.0 Å². The number of piperidine rings is 3. The summed E-state index contributed by atoms with van der Waals surface area (Å²) in [6.45, 7) is 2.84. The van der Waals surface area contributed by atoms with Crippen LogP contribution in [-0.4, -0.2) is 41.8 Å². The van der Waals surface area contributed by atoms with Crippen LogP contribution in [0.15, 0.2) is 48.5 Å². The molecule has 1 amide bonds. The molecule has 28 heavy (non-hydrogen) atoms. The number of thiophene rings is 1. The number of hydrogen-bond acceptors (Lipinski definition) is 3. The quantitative estimate of drug-likeness (QED) is 0.655. The molecule has 0 radical (unpaired) electrons. The van der Waals surface area contributed by atoms with Gasteiger partial charge in [0.05, 0.1) is 11.7 Å². The van der Waals surface area contributed by atoms with Crippen LogP contribution in [0, 0.1) is 11.7 Å². The minimum absolute atomic E-state index is 0.0846. The van der Waals surface area contributed by atoms with Crippen molar-refractivity contribution in [1.29, 1.82) is 0 Å². The van der Waals surface area contributed by atoms with Crippen molar-refractivity contribution in [3.05, 3.63) is 54.3 Å². The maximum absolute atomic E-state index is 14.2. The lowest BCUT2D eigenvalue weighted by Gasteiger charge is -2.48. The largest absolute Gasteiger partial charge is 0.465 e. The Kier molecular flexibility index (Phi) is 4.33. The number of amides is 1. The van der Waals surface area contributed by atoms with E-state index in [1.807, 2.05) is 30.3 Å². The van der Waals surface area contributed by atoms with Gasteiger partial charge in [-0.3, -0.25) is 4.90 Å². The summed E-state index contributed by atoms with van der Waals surface area (Å²) < 4.78 is 15.3. The van der Waals surface area contributed by atoms with Gasteiger partial charge in [-0.1, -0.05) is 18.2 Å². The van der Waals surface area contributed by atoms with E-state index < -0.39 is 6.09 Å². The second kappa shape index (κ2) is 6.87. The van der Waals surface area contributed by atoms with Crippen molar-refractivity contribution >= 4 is 33.2 Å². The van der Waals surface area contributed by atoms with Gasteiger partial charge in [-0.05, 0) is 67.6 Å². The van der Waals surface area contributed by atoms with Crippen molar-refractivity contribution in [2.75, 3.05) is 24.5 Å². The molecule has 144 valence electrons. The van der Waals surface area contributed by atoms with Crippen LogP contribution in [0.4, 0.5) is 14.9 Å². The molecule has 3 saturated heterocycles. The predicted molar refractivity (Wildman–Crippen MR) is 111 cm³/mol. The number of carbonyl (C=O) groups is 1. The van der Waals surface area contributed by atoms with Gasteiger partial charge in [0.25, 0.3) is 0 Å². The Morgan fingerprint density at radius 2 is 1.93 bits per heavy atom. The van der Waals surface area contributed by atoms with Gasteiger partial charge in [0.1, 0.15) is 5.82 Å². The highest BCUT2D eigenvalue weighted by atomic mass is 32.1.